The summed E-state index contributed by atoms with van der Waals surface area (Å²) in [6.45, 7) is 2.03. The number of aromatic hydroxyl groups is 1. The molecule has 0 aromatic heterocycles. The standard InChI is InChI=1S/C20H20O3S/c1-15-3-7-17(8-4-15)23-18-9-13-20(14-10-18)24(2,22)19-11-5-16(21)6-12-19/h3-14,21,24H,1-2H3. The highest BCUT2D eigenvalue weighted by Gasteiger charge is 2.15. The quantitative estimate of drug-likeness (QED) is 0.685. The predicted octanol–water partition coefficient (Wildman–Crippen LogP) is 4.56. The minimum atomic E-state index is -2.69. The second-order valence-electron chi connectivity index (χ2n) is 5.85. The van der Waals surface area contributed by atoms with Crippen LogP contribution in [0.4, 0.5) is 0 Å². The lowest BCUT2D eigenvalue weighted by Crippen LogP contribution is -2.10. The van der Waals surface area contributed by atoms with Gasteiger partial charge >= 0.3 is 0 Å². The third kappa shape index (κ3) is 3.49. The molecule has 124 valence electrons. The van der Waals surface area contributed by atoms with E-state index in [4.69, 9.17) is 4.74 Å². The number of thiol groups is 1. The van der Waals surface area contributed by atoms with Gasteiger partial charge in [-0.1, -0.05) is 27.6 Å². The lowest BCUT2D eigenvalue weighted by molar-refractivity contribution is 0.475. The maximum atomic E-state index is 13.1. The largest absolute Gasteiger partial charge is 0.508 e. The number of aryl methyl sites for hydroxylation is 1. The highest BCUT2D eigenvalue weighted by molar-refractivity contribution is 8.02. The molecule has 0 aliphatic rings. The van der Waals surface area contributed by atoms with Crippen LogP contribution in [0.2, 0.25) is 0 Å². The number of hydrogen-bond acceptors (Lipinski definition) is 3. The highest BCUT2D eigenvalue weighted by Crippen LogP contribution is 2.30. The molecule has 3 aromatic rings. The first kappa shape index (κ1) is 16.3. The summed E-state index contributed by atoms with van der Waals surface area (Å²) < 4.78 is 18.9. The van der Waals surface area contributed by atoms with Crippen LogP contribution < -0.4 is 4.74 Å². The van der Waals surface area contributed by atoms with Gasteiger partial charge < -0.3 is 9.84 Å². The highest BCUT2D eigenvalue weighted by atomic mass is 32.2. The first-order valence-electron chi connectivity index (χ1n) is 7.67. The molecule has 3 rings (SSSR count). The third-order valence-corrected chi connectivity index (χ3v) is 6.50. The van der Waals surface area contributed by atoms with E-state index < -0.39 is 9.93 Å². The van der Waals surface area contributed by atoms with Gasteiger partial charge in [0.05, 0.1) is 0 Å². The first-order chi connectivity index (χ1) is 11.4. The number of ether oxygens (including phenoxy) is 1. The molecular formula is C20H20O3S. The van der Waals surface area contributed by atoms with Gasteiger partial charge in [-0.2, -0.15) is 0 Å². The van der Waals surface area contributed by atoms with E-state index in [0.717, 1.165) is 10.6 Å². The second-order valence-corrected chi connectivity index (χ2v) is 8.73. The van der Waals surface area contributed by atoms with E-state index in [9.17, 15) is 9.32 Å². The summed E-state index contributed by atoms with van der Waals surface area (Å²) in [4.78, 5) is 1.47. The summed E-state index contributed by atoms with van der Waals surface area (Å²) >= 11 is 0. The van der Waals surface area contributed by atoms with E-state index in [-0.39, 0.29) is 5.75 Å². The third-order valence-electron chi connectivity index (χ3n) is 3.93. The first-order valence-corrected chi connectivity index (χ1v) is 9.83. The van der Waals surface area contributed by atoms with Gasteiger partial charge in [-0.25, -0.2) is 0 Å². The average molecular weight is 340 g/mol. The smallest absolute Gasteiger partial charge is 0.127 e. The molecule has 24 heavy (non-hydrogen) atoms. The van der Waals surface area contributed by atoms with Crippen molar-refractivity contribution in [1.82, 2.24) is 0 Å². The van der Waals surface area contributed by atoms with Gasteiger partial charge in [0, 0.05) is 9.79 Å². The molecule has 3 aromatic carbocycles. The summed E-state index contributed by atoms with van der Waals surface area (Å²) in [5.41, 5.74) is 1.18. The Kier molecular flexibility index (Phi) is 4.40. The van der Waals surface area contributed by atoms with Crippen molar-refractivity contribution < 1.29 is 14.1 Å². The molecule has 0 fully saturated rings. The molecule has 0 saturated heterocycles. The van der Waals surface area contributed by atoms with Crippen LogP contribution in [0.25, 0.3) is 0 Å². The van der Waals surface area contributed by atoms with Crippen LogP contribution in [0.15, 0.2) is 82.6 Å². The van der Waals surface area contributed by atoms with E-state index in [1.165, 1.54) is 5.56 Å². The molecule has 0 aliphatic heterocycles. The molecular weight excluding hydrogens is 320 g/mol. The van der Waals surface area contributed by atoms with Gasteiger partial charge in [-0.3, -0.25) is 4.21 Å². The Morgan fingerprint density at radius 3 is 1.67 bits per heavy atom. The fourth-order valence-corrected chi connectivity index (χ4v) is 4.16. The van der Waals surface area contributed by atoms with Crippen molar-refractivity contribution in [2.75, 3.05) is 6.26 Å². The van der Waals surface area contributed by atoms with Gasteiger partial charge in [0.1, 0.15) is 17.2 Å². The van der Waals surface area contributed by atoms with Crippen molar-refractivity contribution in [2.24, 2.45) is 0 Å². The van der Waals surface area contributed by atoms with Crippen LogP contribution in [0.5, 0.6) is 17.2 Å². The predicted molar refractivity (Wildman–Crippen MR) is 97.8 cm³/mol. The van der Waals surface area contributed by atoms with Gasteiger partial charge in [-0.05, 0) is 73.8 Å². The molecule has 3 nitrogen and oxygen atoms in total. The normalized spacial score (nSPS) is 11.9. The molecule has 0 heterocycles. The second kappa shape index (κ2) is 6.49. The summed E-state index contributed by atoms with van der Waals surface area (Å²) in [6, 6.07) is 21.7. The Hall–Kier alpha value is -2.59. The Bertz CT molecular complexity index is 866. The van der Waals surface area contributed by atoms with E-state index in [0.29, 0.717) is 10.6 Å². The van der Waals surface area contributed by atoms with Crippen molar-refractivity contribution in [2.45, 2.75) is 16.7 Å². The zero-order valence-corrected chi connectivity index (χ0v) is 14.5. The van der Waals surface area contributed by atoms with Crippen molar-refractivity contribution in [3.63, 3.8) is 0 Å². The van der Waals surface area contributed by atoms with Gasteiger partial charge in [0.15, 0.2) is 0 Å². The SMILES string of the molecule is Cc1ccc(Oc2ccc([SH](C)(=O)c3ccc(O)cc3)cc2)cc1. The van der Waals surface area contributed by atoms with Crippen LogP contribution >= 0.6 is 0 Å². The maximum Gasteiger partial charge on any atom is 0.127 e. The topological polar surface area (TPSA) is 46.5 Å². The van der Waals surface area contributed by atoms with Crippen LogP contribution in [0.3, 0.4) is 0 Å². The fourth-order valence-electron chi connectivity index (χ4n) is 2.43. The van der Waals surface area contributed by atoms with Crippen molar-refractivity contribution in [3.8, 4) is 17.2 Å². The van der Waals surface area contributed by atoms with E-state index in [2.05, 4.69) is 0 Å². The lowest BCUT2D eigenvalue weighted by Gasteiger charge is -2.20. The molecule has 0 radical (unpaired) electrons. The van der Waals surface area contributed by atoms with Crippen molar-refractivity contribution >= 4 is 9.93 Å². The van der Waals surface area contributed by atoms with E-state index >= 15 is 0 Å². The van der Waals surface area contributed by atoms with Crippen molar-refractivity contribution in [3.05, 3.63) is 78.4 Å². The molecule has 0 spiro atoms. The monoisotopic (exact) mass is 340 g/mol. The molecule has 1 N–H and O–H groups in total. The molecule has 4 heteroatoms. The number of benzene rings is 3. The van der Waals surface area contributed by atoms with Crippen LogP contribution in [0, 0.1) is 6.92 Å². The average Bonchev–Trinajstić information content (AvgIpc) is 2.58. The molecule has 0 atom stereocenters. The van der Waals surface area contributed by atoms with Gasteiger partial charge in [0.25, 0.3) is 0 Å². The zero-order chi connectivity index (χ0) is 17.2. The fraction of sp³-hybridized carbons (Fsp3) is 0.100. The minimum absolute atomic E-state index is 0.167. The number of rotatable bonds is 4. The minimum Gasteiger partial charge on any atom is -0.508 e. The van der Waals surface area contributed by atoms with Crippen molar-refractivity contribution in [1.29, 1.82) is 0 Å². The maximum absolute atomic E-state index is 13.1. The number of phenols is 1. The molecule has 0 saturated carbocycles. The number of phenolic OH excluding ortho intramolecular Hbond substituents is 1. The summed E-state index contributed by atoms with van der Waals surface area (Å²) in [5, 5.41) is 9.38. The molecule has 0 amide bonds. The lowest BCUT2D eigenvalue weighted by atomic mass is 10.2. The molecule has 0 bridgehead atoms. The molecule has 0 aliphatic carbocycles. The van der Waals surface area contributed by atoms with E-state index in [1.54, 1.807) is 30.5 Å². The Labute approximate surface area is 143 Å². The summed E-state index contributed by atoms with van der Waals surface area (Å²) in [5.74, 6) is 1.64. The Balaban J connectivity index is 1.82. The van der Waals surface area contributed by atoms with Crippen LogP contribution in [-0.4, -0.2) is 15.6 Å². The van der Waals surface area contributed by atoms with E-state index in [1.807, 2.05) is 55.5 Å². The van der Waals surface area contributed by atoms with Crippen LogP contribution in [0.1, 0.15) is 5.56 Å². The summed E-state index contributed by atoms with van der Waals surface area (Å²) in [7, 11) is -2.69. The zero-order valence-electron chi connectivity index (χ0n) is 13.6. The van der Waals surface area contributed by atoms with Gasteiger partial charge in [-0.15, -0.1) is 0 Å². The molecule has 0 unspecified atom stereocenters. The van der Waals surface area contributed by atoms with Crippen LogP contribution in [-0.2, 0) is 9.93 Å². The summed E-state index contributed by atoms with van der Waals surface area (Å²) in [6.07, 6.45) is 1.73. The Morgan fingerprint density at radius 1 is 0.750 bits per heavy atom. The Morgan fingerprint density at radius 2 is 1.17 bits per heavy atom. The number of hydrogen-bond donors (Lipinski definition) is 2. The van der Waals surface area contributed by atoms with Gasteiger partial charge in [0.2, 0.25) is 0 Å².